The molecule has 0 bridgehead atoms. The Balaban J connectivity index is 2.58. The lowest BCUT2D eigenvalue weighted by Gasteiger charge is -2.43. The molecule has 0 aromatic carbocycles. The number of carbonyl (C=O) groups is 1. The second kappa shape index (κ2) is 3.47. The van der Waals surface area contributed by atoms with Crippen molar-refractivity contribution in [1.82, 2.24) is 0 Å². The quantitative estimate of drug-likeness (QED) is 0.752. The molecule has 0 amide bonds. The van der Waals surface area contributed by atoms with E-state index >= 15 is 0 Å². The van der Waals surface area contributed by atoms with E-state index in [9.17, 15) is 4.79 Å². The van der Waals surface area contributed by atoms with E-state index in [1.807, 2.05) is 13.8 Å². The average molecular weight is 239 g/mol. The van der Waals surface area contributed by atoms with Crippen molar-refractivity contribution >= 4 is 5.97 Å². The molecule has 4 unspecified atom stereocenters. The summed E-state index contributed by atoms with van der Waals surface area (Å²) in [5.74, 6) is 0.752. The first-order chi connectivity index (χ1) is 7.75. The molecule has 0 aromatic rings. The maximum Gasteiger partial charge on any atom is 0.313 e. The standard InChI is InChI=1S/C14H25NO2/c1-6-9-7-10(8-15)14(5)12(2,3)17-11(16)13(9,14)4/h9-10H,6-8,15H2,1-5H3. The first-order valence-electron chi connectivity index (χ1n) is 6.69. The molecule has 4 atom stereocenters. The van der Waals surface area contributed by atoms with Gasteiger partial charge in [0, 0.05) is 5.41 Å². The van der Waals surface area contributed by atoms with Crippen LogP contribution < -0.4 is 5.73 Å². The molecule has 17 heavy (non-hydrogen) atoms. The molecular formula is C14H25NO2. The van der Waals surface area contributed by atoms with E-state index in [4.69, 9.17) is 10.5 Å². The molecule has 1 aliphatic heterocycles. The number of hydrogen-bond donors (Lipinski definition) is 1. The minimum atomic E-state index is -0.410. The molecule has 1 heterocycles. The summed E-state index contributed by atoms with van der Waals surface area (Å²) in [6, 6.07) is 0. The third-order valence-corrected chi connectivity index (χ3v) is 6.08. The van der Waals surface area contributed by atoms with Crippen molar-refractivity contribution in [3.05, 3.63) is 0 Å². The second-order valence-corrected chi connectivity index (χ2v) is 6.58. The Hall–Kier alpha value is -0.570. The van der Waals surface area contributed by atoms with Crippen LogP contribution in [0.2, 0.25) is 0 Å². The summed E-state index contributed by atoms with van der Waals surface area (Å²) in [4.78, 5) is 12.4. The number of fused-ring (bicyclic) bond motifs is 1. The predicted molar refractivity (Wildman–Crippen MR) is 67.3 cm³/mol. The van der Waals surface area contributed by atoms with Crippen molar-refractivity contribution in [2.45, 2.75) is 53.1 Å². The van der Waals surface area contributed by atoms with Crippen LogP contribution in [0.25, 0.3) is 0 Å². The summed E-state index contributed by atoms with van der Waals surface area (Å²) in [6.07, 6.45) is 2.08. The second-order valence-electron chi connectivity index (χ2n) is 6.58. The van der Waals surface area contributed by atoms with Crippen molar-refractivity contribution < 1.29 is 9.53 Å². The summed E-state index contributed by atoms with van der Waals surface area (Å²) in [5.41, 5.74) is 5.03. The summed E-state index contributed by atoms with van der Waals surface area (Å²) < 4.78 is 5.69. The molecule has 98 valence electrons. The van der Waals surface area contributed by atoms with E-state index in [0.29, 0.717) is 18.4 Å². The Bertz CT molecular complexity index is 352. The van der Waals surface area contributed by atoms with E-state index in [1.165, 1.54) is 0 Å². The van der Waals surface area contributed by atoms with Gasteiger partial charge in [0.25, 0.3) is 0 Å². The largest absolute Gasteiger partial charge is 0.459 e. The van der Waals surface area contributed by atoms with Gasteiger partial charge >= 0.3 is 5.97 Å². The SMILES string of the molecule is CCC1CC(CN)C2(C)C(C)(C)OC(=O)C12C. The maximum absolute atomic E-state index is 12.4. The number of rotatable bonds is 2. The normalized spacial score (nSPS) is 48.0. The van der Waals surface area contributed by atoms with Gasteiger partial charge in [-0.1, -0.05) is 20.3 Å². The van der Waals surface area contributed by atoms with Crippen molar-refractivity contribution in [1.29, 1.82) is 0 Å². The van der Waals surface area contributed by atoms with Gasteiger partial charge in [-0.25, -0.2) is 0 Å². The maximum atomic E-state index is 12.4. The predicted octanol–water partition coefficient (Wildman–Crippen LogP) is 2.34. The smallest absolute Gasteiger partial charge is 0.313 e. The first-order valence-corrected chi connectivity index (χ1v) is 6.69. The highest BCUT2D eigenvalue weighted by Crippen LogP contribution is 2.69. The molecule has 2 N–H and O–H groups in total. The van der Waals surface area contributed by atoms with Gasteiger partial charge in [0.2, 0.25) is 0 Å². The van der Waals surface area contributed by atoms with Crippen molar-refractivity contribution in [3.8, 4) is 0 Å². The van der Waals surface area contributed by atoms with Crippen LogP contribution in [0.1, 0.15) is 47.5 Å². The lowest BCUT2D eigenvalue weighted by molar-refractivity contribution is -0.154. The fraction of sp³-hybridized carbons (Fsp3) is 0.929. The molecule has 1 aliphatic carbocycles. The molecule has 0 spiro atoms. The molecule has 3 heteroatoms. The van der Waals surface area contributed by atoms with Crippen molar-refractivity contribution in [2.24, 2.45) is 28.4 Å². The minimum Gasteiger partial charge on any atom is -0.459 e. The van der Waals surface area contributed by atoms with E-state index in [-0.39, 0.29) is 16.8 Å². The van der Waals surface area contributed by atoms with Crippen LogP contribution in [0.5, 0.6) is 0 Å². The third kappa shape index (κ3) is 1.19. The van der Waals surface area contributed by atoms with Gasteiger partial charge in [-0.2, -0.15) is 0 Å². The van der Waals surface area contributed by atoms with E-state index in [2.05, 4.69) is 20.8 Å². The highest BCUT2D eigenvalue weighted by Gasteiger charge is 2.74. The number of hydrogen-bond acceptors (Lipinski definition) is 3. The Morgan fingerprint density at radius 2 is 1.88 bits per heavy atom. The van der Waals surface area contributed by atoms with Crippen LogP contribution in [-0.4, -0.2) is 18.1 Å². The van der Waals surface area contributed by atoms with Gasteiger partial charge in [-0.3, -0.25) is 4.79 Å². The highest BCUT2D eigenvalue weighted by molar-refractivity contribution is 5.82. The van der Waals surface area contributed by atoms with E-state index < -0.39 is 5.60 Å². The Morgan fingerprint density at radius 1 is 1.29 bits per heavy atom. The van der Waals surface area contributed by atoms with E-state index in [1.54, 1.807) is 0 Å². The fourth-order valence-electron chi connectivity index (χ4n) is 4.51. The molecule has 0 aromatic heterocycles. The number of ether oxygens (including phenoxy) is 1. The number of carbonyl (C=O) groups excluding carboxylic acids is 1. The third-order valence-electron chi connectivity index (χ3n) is 6.08. The molecule has 3 nitrogen and oxygen atoms in total. The molecular weight excluding hydrogens is 214 g/mol. The number of cyclic esters (lactones) is 1. The van der Waals surface area contributed by atoms with Gasteiger partial charge in [-0.15, -0.1) is 0 Å². The average Bonchev–Trinajstić information content (AvgIpc) is 2.56. The molecule has 2 aliphatic rings. The van der Waals surface area contributed by atoms with Crippen LogP contribution in [0.4, 0.5) is 0 Å². The summed E-state index contributed by atoms with van der Waals surface area (Å²) in [5, 5.41) is 0. The van der Waals surface area contributed by atoms with Gasteiger partial charge in [-0.05, 0) is 45.6 Å². The minimum absolute atomic E-state index is 0.0206. The Labute approximate surface area is 104 Å². The van der Waals surface area contributed by atoms with Gasteiger partial charge in [0.05, 0.1) is 5.41 Å². The van der Waals surface area contributed by atoms with Crippen molar-refractivity contribution in [3.63, 3.8) is 0 Å². The fourth-order valence-corrected chi connectivity index (χ4v) is 4.51. The van der Waals surface area contributed by atoms with Crippen LogP contribution in [0.3, 0.4) is 0 Å². The first kappa shape index (κ1) is 12.9. The molecule has 1 saturated heterocycles. The molecule has 2 fully saturated rings. The Morgan fingerprint density at radius 3 is 2.35 bits per heavy atom. The van der Waals surface area contributed by atoms with Crippen LogP contribution >= 0.6 is 0 Å². The lowest BCUT2D eigenvalue weighted by Crippen LogP contribution is -2.50. The molecule has 0 radical (unpaired) electrons. The zero-order chi connectivity index (χ0) is 13.1. The van der Waals surface area contributed by atoms with Crippen molar-refractivity contribution in [2.75, 3.05) is 6.54 Å². The van der Waals surface area contributed by atoms with Gasteiger partial charge in [0.15, 0.2) is 0 Å². The lowest BCUT2D eigenvalue weighted by atomic mass is 9.57. The van der Waals surface area contributed by atoms with Gasteiger partial charge in [0.1, 0.15) is 5.60 Å². The van der Waals surface area contributed by atoms with E-state index in [0.717, 1.165) is 12.8 Å². The van der Waals surface area contributed by atoms with Crippen LogP contribution in [0, 0.1) is 22.7 Å². The molecule has 2 rings (SSSR count). The molecule has 1 saturated carbocycles. The van der Waals surface area contributed by atoms with Gasteiger partial charge < -0.3 is 10.5 Å². The summed E-state index contributed by atoms with van der Waals surface area (Å²) in [6.45, 7) is 11.2. The summed E-state index contributed by atoms with van der Waals surface area (Å²) >= 11 is 0. The monoisotopic (exact) mass is 239 g/mol. The zero-order valence-electron chi connectivity index (χ0n) is 11.7. The summed E-state index contributed by atoms with van der Waals surface area (Å²) in [7, 11) is 0. The topological polar surface area (TPSA) is 52.3 Å². The number of nitrogens with two attached hydrogens (primary N) is 1. The van der Waals surface area contributed by atoms with Crippen LogP contribution in [-0.2, 0) is 9.53 Å². The zero-order valence-corrected chi connectivity index (χ0v) is 11.7. The number of esters is 1. The van der Waals surface area contributed by atoms with Crippen LogP contribution in [0.15, 0.2) is 0 Å². The highest BCUT2D eigenvalue weighted by atomic mass is 16.6. The Kier molecular flexibility index (Phi) is 2.63.